The van der Waals surface area contributed by atoms with E-state index in [1.807, 2.05) is 19.9 Å². The van der Waals surface area contributed by atoms with Gasteiger partial charge in [0.2, 0.25) is 5.91 Å². The van der Waals surface area contributed by atoms with Crippen molar-refractivity contribution in [2.75, 3.05) is 17.6 Å². The fourth-order valence-corrected chi connectivity index (χ4v) is 1.79. The third-order valence-electron chi connectivity index (χ3n) is 2.11. The Labute approximate surface area is 104 Å². The second-order valence-electron chi connectivity index (χ2n) is 3.50. The van der Waals surface area contributed by atoms with Crippen LogP contribution >= 0.6 is 15.9 Å². The number of anilines is 2. The molecular weight excluding hydrogens is 270 g/mol. The van der Waals surface area contributed by atoms with Crippen molar-refractivity contribution in [1.82, 2.24) is 5.32 Å². The Bertz CT molecular complexity index is 381. The van der Waals surface area contributed by atoms with Gasteiger partial charge in [0.1, 0.15) is 6.04 Å². The van der Waals surface area contributed by atoms with E-state index in [4.69, 9.17) is 5.73 Å². The van der Waals surface area contributed by atoms with E-state index >= 15 is 0 Å². The van der Waals surface area contributed by atoms with E-state index in [0.29, 0.717) is 12.2 Å². The van der Waals surface area contributed by atoms with E-state index in [9.17, 15) is 4.79 Å². The Balaban J connectivity index is 2.69. The van der Waals surface area contributed by atoms with Gasteiger partial charge in [-0.15, -0.1) is 0 Å². The van der Waals surface area contributed by atoms with Crippen LogP contribution in [0.1, 0.15) is 13.8 Å². The van der Waals surface area contributed by atoms with Crippen LogP contribution in [-0.2, 0) is 4.79 Å². The van der Waals surface area contributed by atoms with Crippen LogP contribution in [0.25, 0.3) is 0 Å². The normalized spacial score (nSPS) is 11.9. The summed E-state index contributed by atoms with van der Waals surface area (Å²) in [6, 6.07) is 5.15. The third kappa shape index (κ3) is 3.41. The van der Waals surface area contributed by atoms with Crippen LogP contribution in [0.4, 0.5) is 11.4 Å². The topological polar surface area (TPSA) is 67.2 Å². The standard InChI is InChI=1S/C11H16BrN3O/c1-3-14-11(16)7(2)15-10-5-4-8(13)6-9(10)12/h4-7,15H,3,13H2,1-2H3,(H,14,16). The van der Waals surface area contributed by atoms with E-state index in [1.165, 1.54) is 0 Å². The van der Waals surface area contributed by atoms with Gasteiger partial charge in [0.05, 0.1) is 0 Å². The quantitative estimate of drug-likeness (QED) is 0.741. The molecule has 0 aromatic heterocycles. The maximum absolute atomic E-state index is 11.5. The fourth-order valence-electron chi connectivity index (χ4n) is 1.27. The predicted molar refractivity (Wildman–Crippen MR) is 70.3 cm³/mol. The van der Waals surface area contributed by atoms with E-state index < -0.39 is 0 Å². The Morgan fingerprint density at radius 1 is 1.56 bits per heavy atom. The monoisotopic (exact) mass is 285 g/mol. The Morgan fingerprint density at radius 2 is 2.25 bits per heavy atom. The van der Waals surface area contributed by atoms with E-state index in [0.717, 1.165) is 10.2 Å². The van der Waals surface area contributed by atoms with Crippen molar-refractivity contribution in [3.05, 3.63) is 22.7 Å². The molecule has 1 aromatic rings. The molecule has 0 radical (unpaired) electrons. The SMILES string of the molecule is CCNC(=O)C(C)Nc1ccc(N)cc1Br. The van der Waals surface area contributed by atoms with Gasteiger partial charge >= 0.3 is 0 Å². The van der Waals surface area contributed by atoms with Crippen molar-refractivity contribution in [1.29, 1.82) is 0 Å². The largest absolute Gasteiger partial charge is 0.399 e. The molecule has 0 saturated carbocycles. The van der Waals surface area contributed by atoms with Gasteiger partial charge in [-0.25, -0.2) is 0 Å². The molecule has 1 atom stereocenters. The Morgan fingerprint density at radius 3 is 2.81 bits per heavy atom. The van der Waals surface area contributed by atoms with E-state index in [1.54, 1.807) is 12.1 Å². The van der Waals surface area contributed by atoms with Crippen molar-refractivity contribution in [2.24, 2.45) is 0 Å². The molecule has 0 saturated heterocycles. The third-order valence-corrected chi connectivity index (χ3v) is 2.77. The lowest BCUT2D eigenvalue weighted by Crippen LogP contribution is -2.37. The average Bonchev–Trinajstić information content (AvgIpc) is 2.22. The number of carbonyl (C=O) groups excluding carboxylic acids is 1. The number of nitrogens with one attached hydrogen (secondary N) is 2. The molecule has 0 spiro atoms. The summed E-state index contributed by atoms with van der Waals surface area (Å²) in [6.45, 7) is 4.34. The summed E-state index contributed by atoms with van der Waals surface area (Å²) in [5.41, 5.74) is 7.17. The lowest BCUT2D eigenvalue weighted by Gasteiger charge is -2.15. The van der Waals surface area contributed by atoms with Crippen molar-refractivity contribution in [3.8, 4) is 0 Å². The second kappa shape index (κ2) is 5.75. The molecule has 1 amide bonds. The Kier molecular flexibility index (Phi) is 4.61. The van der Waals surface area contributed by atoms with Crippen LogP contribution in [0, 0.1) is 0 Å². The highest BCUT2D eigenvalue weighted by Crippen LogP contribution is 2.25. The van der Waals surface area contributed by atoms with Crippen LogP contribution < -0.4 is 16.4 Å². The number of amides is 1. The van der Waals surface area contributed by atoms with E-state index in [-0.39, 0.29) is 11.9 Å². The number of hydrogen-bond acceptors (Lipinski definition) is 3. The number of nitrogen functional groups attached to an aromatic ring is 1. The first-order valence-corrected chi connectivity index (χ1v) is 5.93. The zero-order chi connectivity index (χ0) is 12.1. The number of carbonyl (C=O) groups is 1. The number of benzene rings is 1. The molecule has 16 heavy (non-hydrogen) atoms. The maximum Gasteiger partial charge on any atom is 0.242 e. The fraction of sp³-hybridized carbons (Fsp3) is 0.364. The second-order valence-corrected chi connectivity index (χ2v) is 4.35. The lowest BCUT2D eigenvalue weighted by molar-refractivity contribution is -0.121. The van der Waals surface area contributed by atoms with Crippen molar-refractivity contribution in [2.45, 2.75) is 19.9 Å². The number of halogens is 1. The van der Waals surface area contributed by atoms with Crippen LogP contribution in [0.15, 0.2) is 22.7 Å². The summed E-state index contributed by atoms with van der Waals surface area (Å²) in [4.78, 5) is 11.5. The van der Waals surface area contributed by atoms with Crippen LogP contribution in [-0.4, -0.2) is 18.5 Å². The van der Waals surface area contributed by atoms with Gasteiger partial charge in [-0.05, 0) is 48.0 Å². The molecule has 1 unspecified atom stereocenters. The van der Waals surface area contributed by atoms with Crippen LogP contribution in [0.3, 0.4) is 0 Å². The highest BCUT2D eigenvalue weighted by molar-refractivity contribution is 9.10. The summed E-state index contributed by atoms with van der Waals surface area (Å²) >= 11 is 3.39. The number of likely N-dealkylation sites (N-methyl/N-ethyl adjacent to an activating group) is 1. The summed E-state index contributed by atoms with van der Waals surface area (Å²) < 4.78 is 0.851. The molecule has 4 N–H and O–H groups in total. The molecule has 0 aliphatic heterocycles. The summed E-state index contributed by atoms with van der Waals surface area (Å²) in [6.07, 6.45) is 0. The molecule has 4 nitrogen and oxygen atoms in total. The van der Waals surface area contributed by atoms with Gasteiger partial charge < -0.3 is 16.4 Å². The minimum atomic E-state index is -0.278. The van der Waals surface area contributed by atoms with Gasteiger partial charge in [-0.2, -0.15) is 0 Å². The molecular formula is C11H16BrN3O. The summed E-state index contributed by atoms with van der Waals surface area (Å²) in [5, 5.41) is 5.86. The van der Waals surface area contributed by atoms with E-state index in [2.05, 4.69) is 26.6 Å². The summed E-state index contributed by atoms with van der Waals surface area (Å²) in [5.74, 6) is -0.0220. The molecule has 0 bridgehead atoms. The molecule has 88 valence electrons. The van der Waals surface area contributed by atoms with Crippen molar-refractivity contribution < 1.29 is 4.79 Å². The van der Waals surface area contributed by atoms with Crippen LogP contribution in [0.2, 0.25) is 0 Å². The minimum Gasteiger partial charge on any atom is -0.399 e. The average molecular weight is 286 g/mol. The zero-order valence-electron chi connectivity index (χ0n) is 9.38. The Hall–Kier alpha value is -1.23. The highest BCUT2D eigenvalue weighted by Gasteiger charge is 2.12. The number of nitrogens with two attached hydrogens (primary N) is 1. The molecule has 0 aliphatic rings. The van der Waals surface area contributed by atoms with Gasteiger partial charge in [-0.1, -0.05) is 0 Å². The first kappa shape index (κ1) is 12.8. The van der Waals surface area contributed by atoms with Crippen LogP contribution in [0.5, 0.6) is 0 Å². The molecule has 1 rings (SSSR count). The minimum absolute atomic E-state index is 0.0220. The predicted octanol–water partition coefficient (Wildman–Crippen LogP) is 1.97. The van der Waals surface area contributed by atoms with Gasteiger partial charge in [-0.3, -0.25) is 4.79 Å². The number of rotatable bonds is 4. The molecule has 0 fully saturated rings. The molecule has 0 heterocycles. The van der Waals surface area contributed by atoms with Gasteiger partial charge in [0, 0.05) is 22.4 Å². The van der Waals surface area contributed by atoms with Crippen molar-refractivity contribution >= 4 is 33.2 Å². The first-order valence-electron chi connectivity index (χ1n) is 5.14. The highest BCUT2D eigenvalue weighted by atomic mass is 79.9. The summed E-state index contributed by atoms with van der Waals surface area (Å²) in [7, 11) is 0. The smallest absolute Gasteiger partial charge is 0.242 e. The lowest BCUT2D eigenvalue weighted by atomic mass is 10.2. The van der Waals surface area contributed by atoms with Crippen molar-refractivity contribution in [3.63, 3.8) is 0 Å². The number of hydrogen-bond donors (Lipinski definition) is 3. The van der Waals surface area contributed by atoms with Gasteiger partial charge in [0.25, 0.3) is 0 Å². The zero-order valence-corrected chi connectivity index (χ0v) is 11.0. The maximum atomic E-state index is 11.5. The first-order chi connectivity index (χ1) is 7.54. The molecule has 0 aliphatic carbocycles. The van der Waals surface area contributed by atoms with Gasteiger partial charge in [0.15, 0.2) is 0 Å². The molecule has 1 aromatic carbocycles. The molecule has 5 heteroatoms.